The maximum absolute atomic E-state index is 12.0. The SMILES string of the molecule is Cc1ccc(-c2nnc(C(C)OC(=O)c3ccc(S(N)(=O)=O)o3)o2)cc1. The van der Waals surface area contributed by atoms with Gasteiger partial charge >= 0.3 is 5.97 Å². The summed E-state index contributed by atoms with van der Waals surface area (Å²) in [5.41, 5.74) is 1.82. The molecule has 0 aliphatic heterocycles. The molecule has 0 aliphatic carbocycles. The third-order valence-electron chi connectivity index (χ3n) is 3.43. The molecule has 2 heterocycles. The maximum Gasteiger partial charge on any atom is 0.375 e. The molecule has 0 saturated carbocycles. The minimum atomic E-state index is -4.04. The Morgan fingerprint density at radius 3 is 2.42 bits per heavy atom. The fraction of sp³-hybridized carbons (Fsp3) is 0.188. The maximum atomic E-state index is 12.0. The Kier molecular flexibility index (Phi) is 4.62. The zero-order valence-corrected chi connectivity index (χ0v) is 14.7. The number of aromatic nitrogens is 2. The lowest BCUT2D eigenvalue weighted by atomic mass is 10.1. The number of nitrogens with zero attached hydrogens (tertiary/aromatic N) is 2. The van der Waals surface area contributed by atoms with Gasteiger partial charge in [0.05, 0.1) is 0 Å². The van der Waals surface area contributed by atoms with E-state index in [-0.39, 0.29) is 17.5 Å². The molecule has 3 aromatic rings. The van der Waals surface area contributed by atoms with Crippen molar-refractivity contribution in [2.75, 3.05) is 0 Å². The molecular weight excluding hydrogens is 362 g/mol. The quantitative estimate of drug-likeness (QED) is 0.668. The second kappa shape index (κ2) is 6.73. The van der Waals surface area contributed by atoms with E-state index in [1.54, 1.807) is 0 Å². The monoisotopic (exact) mass is 377 g/mol. The number of benzene rings is 1. The Hall–Kier alpha value is -2.98. The molecule has 136 valence electrons. The Labute approximate surface area is 148 Å². The predicted molar refractivity (Wildman–Crippen MR) is 88.4 cm³/mol. The summed E-state index contributed by atoms with van der Waals surface area (Å²) >= 11 is 0. The van der Waals surface area contributed by atoms with E-state index >= 15 is 0 Å². The summed E-state index contributed by atoms with van der Waals surface area (Å²) in [6.45, 7) is 3.49. The summed E-state index contributed by atoms with van der Waals surface area (Å²) in [7, 11) is -4.04. The average molecular weight is 377 g/mol. The molecule has 0 aliphatic rings. The molecule has 1 unspecified atom stereocenters. The molecule has 0 spiro atoms. The second-order valence-corrected chi connectivity index (χ2v) is 7.02. The van der Waals surface area contributed by atoms with Crippen LogP contribution in [-0.4, -0.2) is 24.6 Å². The van der Waals surface area contributed by atoms with E-state index < -0.39 is 27.2 Å². The molecule has 26 heavy (non-hydrogen) atoms. The third-order valence-corrected chi connectivity index (χ3v) is 4.21. The number of rotatable bonds is 5. The molecule has 0 radical (unpaired) electrons. The Morgan fingerprint density at radius 2 is 1.81 bits per heavy atom. The minimum Gasteiger partial charge on any atom is -0.447 e. The lowest BCUT2D eigenvalue weighted by Crippen LogP contribution is -2.11. The minimum absolute atomic E-state index is 0.0900. The molecule has 3 rings (SSSR count). The van der Waals surface area contributed by atoms with Crippen LogP contribution in [0, 0.1) is 6.92 Å². The summed E-state index contributed by atoms with van der Waals surface area (Å²) in [6.07, 6.45) is -0.864. The number of carbonyl (C=O) groups is 1. The van der Waals surface area contributed by atoms with Gasteiger partial charge in [0.2, 0.25) is 16.7 Å². The topological polar surface area (TPSA) is 139 Å². The summed E-state index contributed by atoms with van der Waals surface area (Å²) < 4.78 is 37.9. The van der Waals surface area contributed by atoms with Crippen LogP contribution in [0.25, 0.3) is 11.5 Å². The van der Waals surface area contributed by atoms with Crippen LogP contribution in [0.2, 0.25) is 0 Å². The van der Waals surface area contributed by atoms with Crippen molar-refractivity contribution in [3.05, 3.63) is 53.6 Å². The highest BCUT2D eigenvalue weighted by Gasteiger charge is 2.23. The lowest BCUT2D eigenvalue weighted by molar-refractivity contribution is 0.0239. The number of nitrogens with two attached hydrogens (primary N) is 1. The fourth-order valence-corrected chi connectivity index (χ4v) is 2.53. The number of sulfonamides is 1. The van der Waals surface area contributed by atoms with E-state index in [4.69, 9.17) is 18.7 Å². The van der Waals surface area contributed by atoms with Crippen LogP contribution < -0.4 is 5.14 Å². The van der Waals surface area contributed by atoms with Gasteiger partial charge in [0, 0.05) is 5.56 Å². The van der Waals surface area contributed by atoms with Crippen LogP contribution in [-0.2, 0) is 14.8 Å². The van der Waals surface area contributed by atoms with E-state index in [0.717, 1.165) is 23.3 Å². The van der Waals surface area contributed by atoms with E-state index in [1.807, 2.05) is 31.2 Å². The normalized spacial score (nSPS) is 12.7. The first kappa shape index (κ1) is 17.8. The molecule has 1 atom stereocenters. The number of ether oxygens (including phenoxy) is 1. The molecular formula is C16H15N3O6S. The molecule has 10 heteroatoms. The summed E-state index contributed by atoms with van der Waals surface area (Å²) in [5, 5.41) is 12.2. The Bertz CT molecular complexity index is 1040. The zero-order valence-electron chi connectivity index (χ0n) is 13.9. The third kappa shape index (κ3) is 3.81. The molecule has 0 fully saturated rings. The highest BCUT2D eigenvalue weighted by atomic mass is 32.2. The molecule has 1 aromatic carbocycles. The van der Waals surface area contributed by atoms with Crippen molar-refractivity contribution in [1.29, 1.82) is 0 Å². The molecule has 2 N–H and O–H groups in total. The van der Waals surface area contributed by atoms with Crippen molar-refractivity contribution in [2.24, 2.45) is 5.14 Å². The van der Waals surface area contributed by atoms with Crippen LogP contribution in [0.5, 0.6) is 0 Å². The van der Waals surface area contributed by atoms with Gasteiger partial charge in [0.25, 0.3) is 15.9 Å². The van der Waals surface area contributed by atoms with E-state index in [2.05, 4.69) is 10.2 Å². The van der Waals surface area contributed by atoms with Gasteiger partial charge in [-0.2, -0.15) is 0 Å². The van der Waals surface area contributed by atoms with E-state index in [1.165, 1.54) is 6.92 Å². The van der Waals surface area contributed by atoms with Crippen LogP contribution in [0.3, 0.4) is 0 Å². The number of furan rings is 1. The van der Waals surface area contributed by atoms with Gasteiger partial charge in [0.15, 0.2) is 6.10 Å². The van der Waals surface area contributed by atoms with Crippen LogP contribution in [0.15, 0.2) is 50.3 Å². The van der Waals surface area contributed by atoms with Gasteiger partial charge < -0.3 is 13.6 Å². The molecule has 0 amide bonds. The average Bonchev–Trinajstić information content (AvgIpc) is 3.25. The molecule has 0 bridgehead atoms. The van der Waals surface area contributed by atoms with Gasteiger partial charge in [-0.15, -0.1) is 10.2 Å². The van der Waals surface area contributed by atoms with E-state index in [0.29, 0.717) is 0 Å². The Morgan fingerprint density at radius 1 is 1.12 bits per heavy atom. The predicted octanol–water partition coefficient (Wildman–Crippen LogP) is 2.20. The fourth-order valence-electron chi connectivity index (χ4n) is 2.06. The van der Waals surface area contributed by atoms with Gasteiger partial charge in [0.1, 0.15) is 0 Å². The van der Waals surface area contributed by atoms with Crippen LogP contribution >= 0.6 is 0 Å². The summed E-state index contributed by atoms with van der Waals surface area (Å²) in [6, 6.07) is 9.70. The summed E-state index contributed by atoms with van der Waals surface area (Å²) in [5.74, 6) is -0.814. The van der Waals surface area contributed by atoms with Gasteiger partial charge in [-0.1, -0.05) is 17.7 Å². The molecule has 0 saturated heterocycles. The van der Waals surface area contributed by atoms with Gasteiger partial charge in [-0.3, -0.25) is 0 Å². The lowest BCUT2D eigenvalue weighted by Gasteiger charge is -2.07. The van der Waals surface area contributed by atoms with Crippen molar-refractivity contribution >= 4 is 16.0 Å². The Balaban J connectivity index is 1.72. The standard InChI is InChI=1S/C16H15N3O6S/c1-9-3-5-11(6-4-9)15-19-18-14(25-15)10(2)23-16(20)12-7-8-13(24-12)26(17,21)22/h3-8,10H,1-2H3,(H2,17,21,22). The van der Waals surface area contributed by atoms with Crippen molar-refractivity contribution in [2.45, 2.75) is 25.0 Å². The number of carbonyl (C=O) groups excluding carboxylic acids is 1. The smallest absolute Gasteiger partial charge is 0.375 e. The van der Waals surface area contributed by atoms with Crippen LogP contribution in [0.1, 0.15) is 35.0 Å². The highest BCUT2D eigenvalue weighted by Crippen LogP contribution is 2.24. The number of aryl methyl sites for hydroxylation is 1. The second-order valence-electron chi connectivity index (χ2n) is 5.52. The van der Waals surface area contributed by atoms with Crippen molar-refractivity contribution < 1.29 is 26.8 Å². The van der Waals surface area contributed by atoms with Crippen molar-refractivity contribution in [3.8, 4) is 11.5 Å². The van der Waals surface area contributed by atoms with Crippen LogP contribution in [0.4, 0.5) is 0 Å². The first-order valence-corrected chi connectivity index (χ1v) is 9.03. The van der Waals surface area contributed by atoms with Crippen molar-refractivity contribution in [3.63, 3.8) is 0 Å². The number of primary sulfonamides is 1. The number of esters is 1. The zero-order chi connectivity index (χ0) is 18.9. The highest BCUT2D eigenvalue weighted by molar-refractivity contribution is 7.89. The van der Waals surface area contributed by atoms with Gasteiger partial charge in [-0.05, 0) is 38.1 Å². The van der Waals surface area contributed by atoms with Crippen molar-refractivity contribution in [1.82, 2.24) is 10.2 Å². The number of hydrogen-bond donors (Lipinski definition) is 1. The molecule has 2 aromatic heterocycles. The first-order chi connectivity index (χ1) is 12.2. The first-order valence-electron chi connectivity index (χ1n) is 7.48. The number of hydrogen-bond acceptors (Lipinski definition) is 8. The van der Waals surface area contributed by atoms with Gasteiger partial charge in [-0.25, -0.2) is 18.4 Å². The molecule has 9 nitrogen and oxygen atoms in total. The van der Waals surface area contributed by atoms with E-state index in [9.17, 15) is 13.2 Å². The largest absolute Gasteiger partial charge is 0.447 e. The summed E-state index contributed by atoms with van der Waals surface area (Å²) in [4.78, 5) is 12.0.